The summed E-state index contributed by atoms with van der Waals surface area (Å²) in [4.78, 5) is 11.3. The highest BCUT2D eigenvalue weighted by atomic mass is 16.4. The molecule has 11 atom stereocenters. The van der Waals surface area contributed by atoms with E-state index in [0.717, 1.165) is 38.5 Å². The summed E-state index contributed by atoms with van der Waals surface area (Å²) in [5.41, 5.74) is -0.232. The summed E-state index contributed by atoms with van der Waals surface area (Å²) in [7, 11) is 0. The van der Waals surface area contributed by atoms with E-state index in [4.69, 9.17) is 0 Å². The molecule has 4 saturated carbocycles. The van der Waals surface area contributed by atoms with Gasteiger partial charge in [0.05, 0.1) is 18.3 Å². The van der Waals surface area contributed by atoms with Crippen LogP contribution in [0.2, 0.25) is 0 Å². The third-order valence-corrected chi connectivity index (χ3v) is 10.0. The minimum atomic E-state index is -0.767. The highest BCUT2D eigenvalue weighted by Crippen LogP contribution is 2.68. The third kappa shape index (κ3) is 2.87. The number of hydrogen-bond acceptors (Lipinski definition) is 4. The van der Waals surface area contributed by atoms with Crippen molar-refractivity contribution in [3.63, 3.8) is 0 Å². The van der Waals surface area contributed by atoms with Gasteiger partial charge in [-0.25, -0.2) is 0 Å². The quantitative estimate of drug-likeness (QED) is 0.590. The first-order valence-electron chi connectivity index (χ1n) is 11.3. The Balaban J connectivity index is 1.65. The Hall–Kier alpha value is -0.650. The number of carboxylic acid groups (broad SMARTS) is 1. The summed E-state index contributed by atoms with van der Waals surface area (Å²) >= 11 is 0. The summed E-state index contributed by atoms with van der Waals surface area (Å²) < 4.78 is 0. The number of fused-ring (bicyclic) bond motifs is 5. The van der Waals surface area contributed by atoms with Gasteiger partial charge in [-0.15, -0.1) is 0 Å². The maximum atomic E-state index is 11.4. The molecule has 0 aliphatic heterocycles. The lowest BCUT2D eigenvalue weighted by atomic mass is 9.43. The molecule has 0 aromatic heterocycles. The number of aliphatic hydroxyl groups excluding tert-OH is 3. The van der Waals surface area contributed by atoms with Gasteiger partial charge >= 0.3 is 5.97 Å². The van der Waals surface area contributed by atoms with Crippen molar-refractivity contribution >= 4 is 5.97 Å². The second-order valence-electron chi connectivity index (χ2n) is 11.1. The molecule has 4 aliphatic rings. The average Bonchev–Trinajstić information content (AvgIpc) is 2.95. The second-order valence-corrected chi connectivity index (χ2v) is 11.1. The summed E-state index contributed by atoms with van der Waals surface area (Å²) in [6, 6.07) is 0. The number of hydrogen-bond donors (Lipinski definition) is 4. The van der Waals surface area contributed by atoms with E-state index in [0.29, 0.717) is 12.3 Å². The molecule has 5 heteroatoms. The molecular weight excluding hydrogens is 356 g/mol. The van der Waals surface area contributed by atoms with Gasteiger partial charge in [0.15, 0.2) is 0 Å². The number of carboxylic acids is 1. The standard InChI is InChI=1S/C23H38O5/c1-12(8-20(27)28)15-4-5-16-21-17(11-19(26)23(15,16)3)22(2)7-6-14(24)9-13(22)10-18(21)25/h12-19,21,24-26H,4-11H2,1-3H3,(H,27,28). The minimum Gasteiger partial charge on any atom is -0.481 e. The Morgan fingerprint density at radius 1 is 1.04 bits per heavy atom. The number of aliphatic carboxylic acids is 1. The molecule has 0 aromatic carbocycles. The van der Waals surface area contributed by atoms with Gasteiger partial charge < -0.3 is 20.4 Å². The first-order chi connectivity index (χ1) is 13.1. The van der Waals surface area contributed by atoms with Crippen molar-refractivity contribution in [2.24, 2.45) is 46.3 Å². The van der Waals surface area contributed by atoms with Crippen molar-refractivity contribution in [2.75, 3.05) is 0 Å². The fraction of sp³-hybridized carbons (Fsp3) is 0.957. The van der Waals surface area contributed by atoms with E-state index < -0.39 is 12.1 Å². The third-order valence-electron chi connectivity index (χ3n) is 10.0. The van der Waals surface area contributed by atoms with Gasteiger partial charge in [0.1, 0.15) is 0 Å². The van der Waals surface area contributed by atoms with Gasteiger partial charge in [-0.05, 0) is 91.3 Å². The maximum Gasteiger partial charge on any atom is 0.303 e. The Labute approximate surface area is 168 Å². The maximum absolute atomic E-state index is 11.4. The lowest BCUT2D eigenvalue weighted by Gasteiger charge is -2.63. The smallest absolute Gasteiger partial charge is 0.303 e. The van der Waals surface area contributed by atoms with Crippen molar-refractivity contribution in [1.29, 1.82) is 0 Å². The highest BCUT2D eigenvalue weighted by molar-refractivity contribution is 5.67. The molecule has 0 amide bonds. The van der Waals surface area contributed by atoms with Crippen LogP contribution in [0.4, 0.5) is 0 Å². The van der Waals surface area contributed by atoms with E-state index in [-0.39, 0.29) is 59.0 Å². The van der Waals surface area contributed by atoms with Gasteiger partial charge in [-0.1, -0.05) is 20.8 Å². The first-order valence-corrected chi connectivity index (χ1v) is 11.3. The molecular formula is C23H38O5. The van der Waals surface area contributed by atoms with Crippen molar-refractivity contribution in [3.8, 4) is 0 Å². The molecule has 0 bridgehead atoms. The van der Waals surface area contributed by atoms with Crippen LogP contribution >= 0.6 is 0 Å². The zero-order valence-corrected chi connectivity index (χ0v) is 17.6. The van der Waals surface area contributed by atoms with Crippen LogP contribution in [0.1, 0.15) is 72.1 Å². The van der Waals surface area contributed by atoms with Crippen LogP contribution < -0.4 is 0 Å². The van der Waals surface area contributed by atoms with Crippen LogP contribution in [0, 0.1) is 46.3 Å². The number of aliphatic hydroxyl groups is 3. The molecule has 4 rings (SSSR count). The number of rotatable bonds is 3. The number of carbonyl (C=O) groups is 1. The van der Waals surface area contributed by atoms with E-state index in [2.05, 4.69) is 13.8 Å². The van der Waals surface area contributed by atoms with E-state index in [1.807, 2.05) is 6.92 Å². The van der Waals surface area contributed by atoms with Gasteiger partial charge in [0.2, 0.25) is 0 Å². The molecule has 160 valence electrons. The molecule has 4 aliphatic carbocycles. The Morgan fingerprint density at radius 3 is 2.43 bits per heavy atom. The van der Waals surface area contributed by atoms with E-state index in [9.17, 15) is 25.2 Å². The molecule has 0 aromatic rings. The molecule has 0 radical (unpaired) electrons. The van der Waals surface area contributed by atoms with Crippen LogP contribution in [-0.4, -0.2) is 44.7 Å². The lowest BCUT2D eigenvalue weighted by molar-refractivity contribution is -0.207. The average molecular weight is 395 g/mol. The zero-order valence-electron chi connectivity index (χ0n) is 17.6. The summed E-state index contributed by atoms with van der Waals surface area (Å²) in [5, 5.41) is 42.1. The van der Waals surface area contributed by atoms with Crippen molar-refractivity contribution in [2.45, 2.75) is 90.4 Å². The predicted octanol–water partition coefficient (Wildman–Crippen LogP) is 3.06. The summed E-state index contributed by atoms with van der Waals surface area (Å²) in [6.45, 7) is 6.52. The molecule has 5 nitrogen and oxygen atoms in total. The topological polar surface area (TPSA) is 98.0 Å². The minimum absolute atomic E-state index is 0.0348. The van der Waals surface area contributed by atoms with Gasteiger partial charge in [0.25, 0.3) is 0 Å². The molecule has 28 heavy (non-hydrogen) atoms. The lowest BCUT2D eigenvalue weighted by Crippen LogP contribution is -2.62. The van der Waals surface area contributed by atoms with Crippen LogP contribution in [0.5, 0.6) is 0 Å². The van der Waals surface area contributed by atoms with Crippen molar-refractivity contribution in [1.82, 2.24) is 0 Å². The van der Waals surface area contributed by atoms with Gasteiger partial charge in [-0.2, -0.15) is 0 Å². The fourth-order valence-electron chi connectivity index (χ4n) is 8.55. The predicted molar refractivity (Wildman–Crippen MR) is 105 cm³/mol. The van der Waals surface area contributed by atoms with Crippen LogP contribution in [0.25, 0.3) is 0 Å². The Kier molecular flexibility index (Phi) is 5.12. The molecule has 4 fully saturated rings. The van der Waals surface area contributed by atoms with Crippen LogP contribution in [0.15, 0.2) is 0 Å². The molecule has 0 spiro atoms. The summed E-state index contributed by atoms with van der Waals surface area (Å²) in [5.74, 6) is 0.510. The largest absolute Gasteiger partial charge is 0.481 e. The fourth-order valence-corrected chi connectivity index (χ4v) is 8.55. The monoisotopic (exact) mass is 394 g/mol. The molecule has 0 heterocycles. The van der Waals surface area contributed by atoms with E-state index in [1.54, 1.807) is 0 Å². The molecule has 11 unspecified atom stereocenters. The highest BCUT2D eigenvalue weighted by Gasteiger charge is 2.65. The van der Waals surface area contributed by atoms with Gasteiger partial charge in [-0.3, -0.25) is 4.79 Å². The first kappa shape index (κ1) is 20.6. The van der Waals surface area contributed by atoms with E-state index >= 15 is 0 Å². The zero-order chi connectivity index (χ0) is 20.4. The van der Waals surface area contributed by atoms with Crippen LogP contribution in [0.3, 0.4) is 0 Å². The molecule has 0 saturated heterocycles. The SMILES string of the molecule is CC(CC(=O)O)C1CCC2C3C(O)CC4CC(O)CCC4(C)C3CC(O)C12C. The Morgan fingerprint density at radius 2 is 1.75 bits per heavy atom. The Bertz CT molecular complexity index is 622. The van der Waals surface area contributed by atoms with Gasteiger partial charge in [0, 0.05) is 6.42 Å². The van der Waals surface area contributed by atoms with Crippen LogP contribution in [-0.2, 0) is 4.79 Å². The summed E-state index contributed by atoms with van der Waals surface area (Å²) in [6.07, 6.45) is 5.02. The van der Waals surface area contributed by atoms with Crippen molar-refractivity contribution in [3.05, 3.63) is 0 Å². The van der Waals surface area contributed by atoms with E-state index in [1.165, 1.54) is 0 Å². The van der Waals surface area contributed by atoms with Crippen molar-refractivity contribution < 1.29 is 25.2 Å². The normalized spacial score (nSPS) is 54.4. The second kappa shape index (κ2) is 6.95. The molecule has 4 N–H and O–H groups in total.